The molecule has 3 aromatic rings. The molecule has 0 aliphatic heterocycles. The van der Waals surface area contributed by atoms with Crippen molar-refractivity contribution in [3.63, 3.8) is 0 Å². The predicted molar refractivity (Wildman–Crippen MR) is 94.5 cm³/mol. The number of nitrogens with zero attached hydrogens (tertiary/aromatic N) is 3. The van der Waals surface area contributed by atoms with Crippen molar-refractivity contribution in [2.24, 2.45) is 0 Å². The normalized spacial score (nSPS) is 19.1. The largest absolute Gasteiger partial charge is 0.353 e. The van der Waals surface area contributed by atoms with Crippen molar-refractivity contribution < 1.29 is 9.59 Å². The van der Waals surface area contributed by atoms with E-state index in [1.807, 2.05) is 41.1 Å². The summed E-state index contributed by atoms with van der Waals surface area (Å²) in [5.41, 5.74) is 2.42. The van der Waals surface area contributed by atoms with E-state index in [4.69, 9.17) is 0 Å². The van der Waals surface area contributed by atoms with Gasteiger partial charge in [0.25, 0.3) is 5.91 Å². The molecule has 1 saturated carbocycles. The molecule has 2 amide bonds. The zero-order valence-corrected chi connectivity index (χ0v) is 14.2. The highest BCUT2D eigenvalue weighted by Crippen LogP contribution is 2.21. The van der Waals surface area contributed by atoms with Crippen LogP contribution in [0.4, 0.5) is 0 Å². The van der Waals surface area contributed by atoms with Crippen LogP contribution >= 0.6 is 0 Å². The number of fused-ring (bicyclic) bond motifs is 1. The van der Waals surface area contributed by atoms with Gasteiger partial charge in [0, 0.05) is 42.8 Å². The van der Waals surface area contributed by atoms with E-state index < -0.39 is 0 Å². The molecule has 8 heteroatoms. The predicted octanol–water partition coefficient (Wildman–Crippen LogP) is 1.07. The lowest BCUT2D eigenvalue weighted by Gasteiger charge is -2.36. The molecule has 0 unspecified atom stereocenters. The van der Waals surface area contributed by atoms with Crippen molar-refractivity contribution >= 4 is 17.3 Å². The van der Waals surface area contributed by atoms with E-state index in [2.05, 4.69) is 26.0 Å². The van der Waals surface area contributed by atoms with Gasteiger partial charge in [-0.1, -0.05) is 6.07 Å². The van der Waals surface area contributed by atoms with Gasteiger partial charge in [-0.25, -0.2) is 0 Å². The minimum Gasteiger partial charge on any atom is -0.353 e. The summed E-state index contributed by atoms with van der Waals surface area (Å²) in [6, 6.07) is 7.93. The van der Waals surface area contributed by atoms with Gasteiger partial charge in [-0.2, -0.15) is 15.4 Å². The molecular weight excluding hydrogens is 332 g/mol. The van der Waals surface area contributed by atoms with Crippen LogP contribution in [0, 0.1) is 0 Å². The highest BCUT2D eigenvalue weighted by atomic mass is 16.2. The number of hydrogen-bond acceptors (Lipinski definition) is 4. The number of carbonyl (C=O) groups is 2. The topological polar surface area (TPSA) is 104 Å². The number of pyridine rings is 1. The Morgan fingerprint density at radius 3 is 2.85 bits per heavy atom. The first-order chi connectivity index (χ1) is 12.7. The van der Waals surface area contributed by atoms with Gasteiger partial charge in [-0.3, -0.25) is 9.59 Å². The third kappa shape index (κ3) is 3.58. The highest BCUT2D eigenvalue weighted by Gasteiger charge is 2.31. The standard InChI is InChI=1S/C18H20N6O2/c25-17(5-4-13-10-19-23-22-13)20-14-8-15(9-14)21-18(26)12-7-16-3-1-2-6-24(16)11-12/h1-3,6-7,10-11,14-15H,4-5,8-9H2,(H,20,25)(H,21,26)(H,19,22,23). The fraction of sp³-hybridized carbons (Fsp3) is 0.333. The van der Waals surface area contributed by atoms with Gasteiger partial charge in [-0.15, -0.1) is 0 Å². The Balaban J connectivity index is 1.21. The second-order valence-corrected chi connectivity index (χ2v) is 6.63. The number of aromatic amines is 1. The van der Waals surface area contributed by atoms with E-state index in [0.29, 0.717) is 18.4 Å². The molecule has 8 nitrogen and oxygen atoms in total. The summed E-state index contributed by atoms with van der Waals surface area (Å²) >= 11 is 0. The van der Waals surface area contributed by atoms with Crippen molar-refractivity contribution in [1.82, 2.24) is 30.4 Å². The van der Waals surface area contributed by atoms with Crippen LogP contribution in [0.25, 0.3) is 5.52 Å². The van der Waals surface area contributed by atoms with Crippen LogP contribution in [-0.2, 0) is 11.2 Å². The van der Waals surface area contributed by atoms with Crippen LogP contribution in [0.1, 0.15) is 35.3 Å². The Morgan fingerprint density at radius 2 is 2.08 bits per heavy atom. The summed E-state index contributed by atoms with van der Waals surface area (Å²) in [5, 5.41) is 16.2. The molecule has 0 bridgehead atoms. The molecule has 134 valence electrons. The second-order valence-electron chi connectivity index (χ2n) is 6.63. The van der Waals surface area contributed by atoms with Crippen LogP contribution < -0.4 is 10.6 Å². The highest BCUT2D eigenvalue weighted by molar-refractivity contribution is 5.95. The lowest BCUT2D eigenvalue weighted by Crippen LogP contribution is -2.53. The van der Waals surface area contributed by atoms with Crippen molar-refractivity contribution in [2.75, 3.05) is 0 Å². The first kappa shape index (κ1) is 16.3. The number of H-pyrrole nitrogens is 1. The van der Waals surface area contributed by atoms with Gasteiger partial charge < -0.3 is 15.0 Å². The molecule has 1 aliphatic carbocycles. The molecule has 0 aromatic carbocycles. The second kappa shape index (κ2) is 6.99. The van der Waals surface area contributed by atoms with Crippen molar-refractivity contribution in [3.8, 4) is 0 Å². The van der Waals surface area contributed by atoms with Crippen LogP contribution in [0.15, 0.2) is 42.9 Å². The number of hydrogen-bond donors (Lipinski definition) is 3. The molecule has 26 heavy (non-hydrogen) atoms. The molecule has 3 N–H and O–H groups in total. The number of aryl methyl sites for hydroxylation is 1. The molecule has 0 atom stereocenters. The SMILES string of the molecule is O=C(CCc1cn[nH]n1)NC1CC(NC(=O)c2cc3ccccn3c2)C1. The van der Waals surface area contributed by atoms with Gasteiger partial charge in [0.2, 0.25) is 5.91 Å². The Morgan fingerprint density at radius 1 is 1.23 bits per heavy atom. The van der Waals surface area contributed by atoms with Gasteiger partial charge in [0.05, 0.1) is 17.5 Å². The van der Waals surface area contributed by atoms with Crippen molar-refractivity contribution in [1.29, 1.82) is 0 Å². The lowest BCUT2D eigenvalue weighted by molar-refractivity contribution is -0.122. The Bertz CT molecular complexity index is 878. The summed E-state index contributed by atoms with van der Waals surface area (Å²) in [5.74, 6) is -0.0732. The Kier molecular flexibility index (Phi) is 4.39. The zero-order valence-electron chi connectivity index (χ0n) is 14.2. The molecule has 1 fully saturated rings. The summed E-state index contributed by atoms with van der Waals surface area (Å²) in [6.07, 6.45) is 7.83. The van der Waals surface area contributed by atoms with E-state index in [1.165, 1.54) is 0 Å². The van der Waals surface area contributed by atoms with E-state index >= 15 is 0 Å². The van der Waals surface area contributed by atoms with Gasteiger partial charge in [-0.05, 0) is 31.0 Å². The Labute approximate surface area is 150 Å². The van der Waals surface area contributed by atoms with Gasteiger partial charge >= 0.3 is 0 Å². The first-order valence-corrected chi connectivity index (χ1v) is 8.69. The minimum atomic E-state index is -0.0745. The molecule has 3 aromatic heterocycles. The maximum Gasteiger partial charge on any atom is 0.253 e. The van der Waals surface area contributed by atoms with Gasteiger partial charge in [0.1, 0.15) is 0 Å². The average Bonchev–Trinajstić information content (AvgIpc) is 3.27. The first-order valence-electron chi connectivity index (χ1n) is 8.69. The smallest absolute Gasteiger partial charge is 0.253 e. The molecular formula is C18H20N6O2. The molecule has 0 saturated heterocycles. The lowest BCUT2D eigenvalue weighted by atomic mass is 9.86. The third-order valence-corrected chi connectivity index (χ3v) is 4.68. The summed E-state index contributed by atoms with van der Waals surface area (Å²) in [6.45, 7) is 0. The molecule has 4 rings (SSSR count). The van der Waals surface area contributed by atoms with Crippen molar-refractivity contribution in [3.05, 3.63) is 54.1 Å². The number of rotatable bonds is 6. The summed E-state index contributed by atoms with van der Waals surface area (Å²) in [4.78, 5) is 24.3. The quantitative estimate of drug-likeness (QED) is 0.617. The van der Waals surface area contributed by atoms with E-state index in [-0.39, 0.29) is 23.9 Å². The maximum atomic E-state index is 12.4. The van der Waals surface area contributed by atoms with Crippen LogP contribution in [-0.4, -0.2) is 43.7 Å². The number of carbonyl (C=O) groups excluding carboxylic acids is 2. The molecule has 1 aliphatic rings. The van der Waals surface area contributed by atoms with Crippen molar-refractivity contribution in [2.45, 2.75) is 37.8 Å². The molecule has 0 radical (unpaired) electrons. The van der Waals surface area contributed by atoms with Crippen LogP contribution in [0.5, 0.6) is 0 Å². The Hall–Kier alpha value is -3.16. The maximum absolute atomic E-state index is 12.4. The third-order valence-electron chi connectivity index (χ3n) is 4.68. The number of amides is 2. The van der Waals surface area contributed by atoms with Crippen LogP contribution in [0.3, 0.4) is 0 Å². The van der Waals surface area contributed by atoms with Gasteiger partial charge in [0.15, 0.2) is 0 Å². The number of aromatic nitrogens is 4. The van der Waals surface area contributed by atoms with Crippen LogP contribution in [0.2, 0.25) is 0 Å². The van der Waals surface area contributed by atoms with E-state index in [1.54, 1.807) is 6.20 Å². The summed E-state index contributed by atoms with van der Waals surface area (Å²) in [7, 11) is 0. The fourth-order valence-electron chi connectivity index (χ4n) is 3.19. The number of nitrogens with one attached hydrogen (secondary N) is 3. The summed E-state index contributed by atoms with van der Waals surface area (Å²) < 4.78 is 1.92. The monoisotopic (exact) mass is 352 g/mol. The molecule has 3 heterocycles. The fourth-order valence-corrected chi connectivity index (χ4v) is 3.19. The van der Waals surface area contributed by atoms with E-state index in [0.717, 1.165) is 24.1 Å². The average molecular weight is 352 g/mol. The minimum absolute atomic E-state index is 0.00135. The van der Waals surface area contributed by atoms with E-state index in [9.17, 15) is 9.59 Å². The molecule has 0 spiro atoms. The zero-order chi connectivity index (χ0) is 17.9.